The number of carbonyl (C=O) groups excluding carboxylic acids is 1. The molecule has 0 aromatic heterocycles. The molecule has 0 bridgehead atoms. The minimum Gasteiger partial charge on any atom is -0.335 e. The molecule has 2 amide bonds. The van der Waals surface area contributed by atoms with Crippen molar-refractivity contribution in [2.24, 2.45) is 5.92 Å². The van der Waals surface area contributed by atoms with Crippen molar-refractivity contribution >= 4 is 23.3 Å². The van der Waals surface area contributed by atoms with E-state index in [9.17, 15) is 18.0 Å². The van der Waals surface area contributed by atoms with E-state index in [-0.39, 0.29) is 12.8 Å². The second kappa shape index (κ2) is 6.56. The second-order valence-electron chi connectivity index (χ2n) is 5.18. The molecule has 1 aliphatic carbocycles. The van der Waals surface area contributed by atoms with E-state index in [2.05, 4.69) is 10.6 Å². The fourth-order valence-electron chi connectivity index (χ4n) is 2.52. The summed E-state index contributed by atoms with van der Waals surface area (Å²) in [6.45, 7) is 0. The minimum atomic E-state index is -4.19. The number of nitrogens with one attached hydrogen (secondary N) is 2. The van der Waals surface area contributed by atoms with E-state index in [0.717, 1.165) is 0 Å². The lowest BCUT2D eigenvalue weighted by Crippen LogP contribution is -2.43. The molecule has 2 atom stereocenters. The molecule has 7 heteroatoms. The summed E-state index contributed by atoms with van der Waals surface area (Å²) in [5.41, 5.74) is 0.430. The maximum atomic E-state index is 12.7. The summed E-state index contributed by atoms with van der Waals surface area (Å²) in [6.07, 6.45) is -3.11. The molecule has 116 valence electrons. The van der Waals surface area contributed by atoms with Crippen LogP contribution < -0.4 is 10.6 Å². The highest BCUT2D eigenvalue weighted by Crippen LogP contribution is 2.37. The summed E-state index contributed by atoms with van der Waals surface area (Å²) >= 11 is 5.90. The average molecular weight is 321 g/mol. The summed E-state index contributed by atoms with van der Waals surface area (Å²) in [7, 11) is 0. The molecule has 1 aromatic carbocycles. The first-order chi connectivity index (χ1) is 9.86. The summed E-state index contributed by atoms with van der Waals surface area (Å²) < 4.78 is 38.1. The second-order valence-corrected chi connectivity index (χ2v) is 5.59. The van der Waals surface area contributed by atoms with Crippen molar-refractivity contribution in [2.75, 3.05) is 5.32 Å². The lowest BCUT2D eigenvalue weighted by molar-refractivity contribution is -0.183. The number of alkyl halides is 3. The van der Waals surface area contributed by atoms with Crippen LogP contribution in [0, 0.1) is 5.92 Å². The Morgan fingerprint density at radius 1 is 1.24 bits per heavy atom. The lowest BCUT2D eigenvalue weighted by atomic mass is 9.85. The van der Waals surface area contributed by atoms with Gasteiger partial charge in [-0.15, -0.1) is 0 Å². The minimum absolute atomic E-state index is 0.0700. The molecule has 1 aliphatic rings. The lowest BCUT2D eigenvalue weighted by Gasteiger charge is -2.31. The number of rotatable bonds is 2. The predicted molar refractivity (Wildman–Crippen MR) is 75.4 cm³/mol. The Balaban J connectivity index is 1.89. The fraction of sp³-hybridized carbons (Fsp3) is 0.500. The molecule has 0 heterocycles. The smallest absolute Gasteiger partial charge is 0.335 e. The quantitative estimate of drug-likeness (QED) is 0.822. The maximum Gasteiger partial charge on any atom is 0.391 e. The first-order valence-corrected chi connectivity index (χ1v) is 7.13. The first kappa shape index (κ1) is 15.9. The van der Waals surface area contributed by atoms with Crippen LogP contribution in [0.1, 0.15) is 25.7 Å². The fourth-order valence-corrected chi connectivity index (χ4v) is 2.71. The highest BCUT2D eigenvalue weighted by atomic mass is 35.5. The van der Waals surface area contributed by atoms with Crippen molar-refractivity contribution in [3.8, 4) is 0 Å². The molecule has 0 spiro atoms. The van der Waals surface area contributed by atoms with Gasteiger partial charge < -0.3 is 10.6 Å². The highest BCUT2D eigenvalue weighted by Gasteiger charge is 2.42. The van der Waals surface area contributed by atoms with Gasteiger partial charge in [-0.1, -0.05) is 30.2 Å². The summed E-state index contributed by atoms with van der Waals surface area (Å²) in [5.74, 6) is -1.34. The molecule has 0 radical (unpaired) electrons. The molecule has 0 saturated heterocycles. The Labute approximate surface area is 125 Å². The van der Waals surface area contributed by atoms with Crippen molar-refractivity contribution in [2.45, 2.75) is 37.9 Å². The van der Waals surface area contributed by atoms with Gasteiger partial charge in [0, 0.05) is 6.04 Å². The van der Waals surface area contributed by atoms with Gasteiger partial charge in [0.2, 0.25) is 0 Å². The Morgan fingerprint density at radius 2 is 1.95 bits per heavy atom. The third kappa shape index (κ3) is 4.52. The van der Waals surface area contributed by atoms with Crippen molar-refractivity contribution in [3.05, 3.63) is 29.3 Å². The largest absolute Gasteiger partial charge is 0.391 e. The number of carbonyl (C=O) groups is 1. The Morgan fingerprint density at radius 3 is 2.62 bits per heavy atom. The van der Waals surface area contributed by atoms with Crippen LogP contribution in [-0.4, -0.2) is 18.2 Å². The molecule has 0 aliphatic heterocycles. The molecule has 21 heavy (non-hydrogen) atoms. The predicted octanol–water partition coefficient (Wildman–Crippen LogP) is 4.58. The monoisotopic (exact) mass is 320 g/mol. The van der Waals surface area contributed by atoms with Crippen LogP contribution in [0.2, 0.25) is 5.02 Å². The number of amides is 2. The molecule has 3 nitrogen and oxygen atoms in total. The Bertz CT molecular complexity index is 507. The van der Waals surface area contributed by atoms with Crippen molar-refractivity contribution in [1.29, 1.82) is 0 Å². The number of anilines is 1. The first-order valence-electron chi connectivity index (χ1n) is 6.75. The SMILES string of the molecule is O=C(Nc1ccccc1Cl)N[C@@H]1CCC[C@@H](C(F)(F)F)C1. The van der Waals surface area contributed by atoms with Gasteiger partial charge in [0.25, 0.3) is 0 Å². The molecule has 1 saturated carbocycles. The van der Waals surface area contributed by atoms with E-state index >= 15 is 0 Å². The number of hydrogen-bond acceptors (Lipinski definition) is 1. The number of halogens is 4. The van der Waals surface area contributed by atoms with Gasteiger partial charge in [-0.25, -0.2) is 4.79 Å². The van der Waals surface area contributed by atoms with E-state index in [1.165, 1.54) is 0 Å². The van der Waals surface area contributed by atoms with Gasteiger partial charge in [0.15, 0.2) is 0 Å². The summed E-state index contributed by atoms with van der Waals surface area (Å²) in [4.78, 5) is 11.8. The maximum absolute atomic E-state index is 12.7. The topological polar surface area (TPSA) is 41.1 Å². The number of urea groups is 1. The zero-order valence-electron chi connectivity index (χ0n) is 11.2. The third-order valence-electron chi connectivity index (χ3n) is 3.59. The van der Waals surface area contributed by atoms with E-state index in [1.54, 1.807) is 24.3 Å². The number of para-hydroxylation sites is 1. The van der Waals surface area contributed by atoms with Gasteiger partial charge in [0.1, 0.15) is 0 Å². The Hall–Kier alpha value is -1.43. The van der Waals surface area contributed by atoms with Crippen LogP contribution in [0.3, 0.4) is 0 Å². The summed E-state index contributed by atoms with van der Waals surface area (Å²) in [6, 6.07) is 5.69. The molecule has 1 fully saturated rings. The van der Waals surface area contributed by atoms with Gasteiger partial charge >= 0.3 is 12.2 Å². The molecule has 2 N–H and O–H groups in total. The molecule has 0 unspecified atom stereocenters. The van der Waals surface area contributed by atoms with Crippen molar-refractivity contribution in [3.63, 3.8) is 0 Å². The van der Waals surface area contributed by atoms with Gasteiger partial charge in [0.05, 0.1) is 16.6 Å². The number of hydrogen-bond donors (Lipinski definition) is 2. The van der Waals surface area contributed by atoms with Gasteiger partial charge in [-0.3, -0.25) is 0 Å². The van der Waals surface area contributed by atoms with E-state index in [0.29, 0.717) is 23.6 Å². The molecular weight excluding hydrogens is 305 g/mol. The van der Waals surface area contributed by atoms with Crippen LogP contribution in [0.4, 0.5) is 23.7 Å². The van der Waals surface area contributed by atoms with Gasteiger partial charge in [-0.05, 0) is 31.4 Å². The zero-order valence-corrected chi connectivity index (χ0v) is 12.0. The third-order valence-corrected chi connectivity index (χ3v) is 3.92. The normalized spacial score (nSPS) is 22.7. The van der Waals surface area contributed by atoms with E-state index < -0.39 is 24.2 Å². The van der Waals surface area contributed by atoms with Crippen LogP contribution >= 0.6 is 11.6 Å². The number of benzene rings is 1. The van der Waals surface area contributed by atoms with Crippen molar-refractivity contribution in [1.82, 2.24) is 5.32 Å². The Kier molecular flexibility index (Phi) is 4.98. The molecular formula is C14H16ClF3N2O. The van der Waals surface area contributed by atoms with E-state index in [4.69, 9.17) is 11.6 Å². The van der Waals surface area contributed by atoms with Crippen LogP contribution in [0.25, 0.3) is 0 Å². The molecule has 2 rings (SSSR count). The van der Waals surface area contributed by atoms with Crippen LogP contribution in [0.5, 0.6) is 0 Å². The average Bonchev–Trinajstić information content (AvgIpc) is 2.41. The molecule has 1 aromatic rings. The van der Waals surface area contributed by atoms with Crippen LogP contribution in [0.15, 0.2) is 24.3 Å². The van der Waals surface area contributed by atoms with Gasteiger partial charge in [-0.2, -0.15) is 13.2 Å². The zero-order chi connectivity index (χ0) is 15.5. The van der Waals surface area contributed by atoms with Crippen LogP contribution in [-0.2, 0) is 0 Å². The standard InChI is InChI=1S/C14H16ClF3N2O/c15-11-6-1-2-7-12(11)20-13(21)19-10-5-3-4-9(8-10)14(16,17)18/h1-2,6-7,9-10H,3-5,8H2,(H2,19,20,21)/t9-,10-/m1/s1. The highest BCUT2D eigenvalue weighted by molar-refractivity contribution is 6.33. The van der Waals surface area contributed by atoms with Crippen molar-refractivity contribution < 1.29 is 18.0 Å². The summed E-state index contributed by atoms with van der Waals surface area (Å²) in [5, 5.41) is 5.51. The van der Waals surface area contributed by atoms with E-state index in [1.807, 2.05) is 0 Å².